The van der Waals surface area contributed by atoms with E-state index < -0.39 is 0 Å². The highest BCUT2D eigenvalue weighted by atomic mass is 16.1. The molecule has 0 heterocycles. The zero-order valence-corrected chi connectivity index (χ0v) is 8.50. The van der Waals surface area contributed by atoms with Crippen molar-refractivity contribution in [3.8, 4) is 0 Å². The van der Waals surface area contributed by atoms with Gasteiger partial charge in [0.2, 0.25) is 0 Å². The van der Waals surface area contributed by atoms with E-state index in [1.807, 2.05) is 18.2 Å². The van der Waals surface area contributed by atoms with Gasteiger partial charge in [0.1, 0.15) is 5.78 Å². The standard InChI is InChI=1S/C12H16O/c1-9(2)12-7-5-4-6-11(12)8-10(3)13/h4-7,9H,8H2,1-3H3. The molecule has 0 saturated heterocycles. The summed E-state index contributed by atoms with van der Waals surface area (Å²) in [4.78, 5) is 11.0. The minimum absolute atomic E-state index is 0.230. The second kappa shape index (κ2) is 4.22. The molecule has 0 bridgehead atoms. The Bertz CT molecular complexity index is 300. The van der Waals surface area contributed by atoms with E-state index in [-0.39, 0.29) is 5.78 Å². The van der Waals surface area contributed by atoms with Crippen LogP contribution in [-0.2, 0) is 11.2 Å². The Kier molecular flexibility index (Phi) is 3.24. The molecule has 1 aromatic rings. The summed E-state index contributed by atoms with van der Waals surface area (Å²) in [6, 6.07) is 8.16. The van der Waals surface area contributed by atoms with E-state index in [9.17, 15) is 4.79 Å². The maximum absolute atomic E-state index is 11.0. The third kappa shape index (κ3) is 2.69. The highest BCUT2D eigenvalue weighted by Gasteiger charge is 2.06. The molecule has 0 aromatic heterocycles. The molecule has 0 saturated carbocycles. The van der Waals surface area contributed by atoms with E-state index in [0.29, 0.717) is 12.3 Å². The van der Waals surface area contributed by atoms with E-state index in [4.69, 9.17) is 0 Å². The first kappa shape index (κ1) is 9.97. The normalized spacial score (nSPS) is 10.5. The molecule has 0 spiro atoms. The van der Waals surface area contributed by atoms with Crippen LogP contribution in [0.3, 0.4) is 0 Å². The summed E-state index contributed by atoms with van der Waals surface area (Å²) < 4.78 is 0. The average molecular weight is 176 g/mol. The molecule has 0 N–H and O–H groups in total. The van der Waals surface area contributed by atoms with Crippen LogP contribution in [0.2, 0.25) is 0 Å². The van der Waals surface area contributed by atoms with Gasteiger partial charge in [0.25, 0.3) is 0 Å². The van der Waals surface area contributed by atoms with Crippen molar-refractivity contribution in [1.29, 1.82) is 0 Å². The van der Waals surface area contributed by atoms with Crippen molar-refractivity contribution in [2.24, 2.45) is 0 Å². The maximum atomic E-state index is 11.0. The number of ketones is 1. The molecule has 1 rings (SSSR count). The summed E-state index contributed by atoms with van der Waals surface area (Å²) in [6.07, 6.45) is 0.564. The molecule has 0 aliphatic carbocycles. The Morgan fingerprint density at radius 1 is 1.31 bits per heavy atom. The molecule has 0 radical (unpaired) electrons. The Balaban J connectivity index is 2.97. The fraction of sp³-hybridized carbons (Fsp3) is 0.417. The van der Waals surface area contributed by atoms with Crippen LogP contribution in [0.1, 0.15) is 37.8 Å². The lowest BCUT2D eigenvalue weighted by Gasteiger charge is -2.10. The predicted molar refractivity (Wildman–Crippen MR) is 54.9 cm³/mol. The van der Waals surface area contributed by atoms with Crippen molar-refractivity contribution in [3.63, 3.8) is 0 Å². The van der Waals surface area contributed by atoms with Crippen LogP contribution in [0, 0.1) is 0 Å². The minimum atomic E-state index is 0.230. The maximum Gasteiger partial charge on any atom is 0.134 e. The number of carbonyl (C=O) groups excluding carboxylic acids is 1. The number of benzene rings is 1. The van der Waals surface area contributed by atoms with Crippen LogP contribution in [0.25, 0.3) is 0 Å². The van der Waals surface area contributed by atoms with Crippen molar-refractivity contribution >= 4 is 5.78 Å². The third-order valence-electron chi connectivity index (χ3n) is 2.12. The molecule has 0 atom stereocenters. The Morgan fingerprint density at radius 2 is 1.92 bits per heavy atom. The molecule has 0 aliphatic heterocycles. The highest BCUT2D eigenvalue weighted by molar-refractivity contribution is 5.78. The largest absolute Gasteiger partial charge is 0.300 e. The first-order chi connectivity index (χ1) is 6.11. The molecule has 0 amide bonds. The van der Waals surface area contributed by atoms with Gasteiger partial charge in [-0.1, -0.05) is 38.1 Å². The summed E-state index contributed by atoms with van der Waals surface area (Å²) in [5.41, 5.74) is 2.46. The number of hydrogen-bond acceptors (Lipinski definition) is 1. The van der Waals surface area contributed by atoms with Crippen LogP contribution in [0.15, 0.2) is 24.3 Å². The van der Waals surface area contributed by atoms with Gasteiger partial charge in [-0.15, -0.1) is 0 Å². The SMILES string of the molecule is CC(=O)Cc1ccccc1C(C)C. The van der Waals surface area contributed by atoms with E-state index in [2.05, 4.69) is 19.9 Å². The Hall–Kier alpha value is -1.11. The minimum Gasteiger partial charge on any atom is -0.300 e. The summed E-state index contributed by atoms with van der Waals surface area (Å²) in [6.45, 7) is 5.94. The Labute approximate surface area is 79.8 Å². The fourth-order valence-corrected chi connectivity index (χ4v) is 1.53. The zero-order chi connectivity index (χ0) is 9.84. The summed E-state index contributed by atoms with van der Waals surface area (Å²) in [5, 5.41) is 0. The molecule has 0 fully saturated rings. The van der Waals surface area contributed by atoms with Crippen molar-refractivity contribution in [2.75, 3.05) is 0 Å². The van der Waals surface area contributed by atoms with Gasteiger partial charge in [-0.05, 0) is 24.0 Å². The van der Waals surface area contributed by atoms with Crippen molar-refractivity contribution in [3.05, 3.63) is 35.4 Å². The smallest absolute Gasteiger partial charge is 0.134 e. The van der Waals surface area contributed by atoms with Crippen molar-refractivity contribution in [1.82, 2.24) is 0 Å². The second-order valence-electron chi connectivity index (χ2n) is 3.73. The average Bonchev–Trinajstić information content (AvgIpc) is 2.03. The molecule has 0 unspecified atom stereocenters. The van der Waals surface area contributed by atoms with Gasteiger partial charge in [-0.25, -0.2) is 0 Å². The van der Waals surface area contributed by atoms with E-state index in [1.54, 1.807) is 6.92 Å². The lowest BCUT2D eigenvalue weighted by molar-refractivity contribution is -0.116. The first-order valence-corrected chi connectivity index (χ1v) is 4.68. The molecule has 1 aromatic carbocycles. The van der Waals surface area contributed by atoms with Crippen LogP contribution < -0.4 is 0 Å². The molecule has 70 valence electrons. The van der Waals surface area contributed by atoms with Crippen LogP contribution in [0.5, 0.6) is 0 Å². The fourth-order valence-electron chi connectivity index (χ4n) is 1.53. The van der Waals surface area contributed by atoms with Gasteiger partial charge in [0.05, 0.1) is 0 Å². The van der Waals surface area contributed by atoms with Gasteiger partial charge in [-0.2, -0.15) is 0 Å². The molecule has 13 heavy (non-hydrogen) atoms. The van der Waals surface area contributed by atoms with Gasteiger partial charge < -0.3 is 0 Å². The van der Waals surface area contributed by atoms with Crippen LogP contribution >= 0.6 is 0 Å². The number of Topliss-reactive ketones (excluding diaryl/α,β-unsaturated/α-hetero) is 1. The lowest BCUT2D eigenvalue weighted by Crippen LogP contribution is -2.01. The monoisotopic (exact) mass is 176 g/mol. The summed E-state index contributed by atoms with van der Waals surface area (Å²) in [7, 11) is 0. The summed E-state index contributed by atoms with van der Waals surface area (Å²) >= 11 is 0. The first-order valence-electron chi connectivity index (χ1n) is 4.68. The van der Waals surface area contributed by atoms with E-state index in [0.717, 1.165) is 0 Å². The number of rotatable bonds is 3. The summed E-state index contributed by atoms with van der Waals surface area (Å²) in [5.74, 6) is 0.726. The van der Waals surface area contributed by atoms with Gasteiger partial charge in [0.15, 0.2) is 0 Å². The van der Waals surface area contributed by atoms with E-state index in [1.165, 1.54) is 11.1 Å². The number of carbonyl (C=O) groups is 1. The lowest BCUT2D eigenvalue weighted by atomic mass is 9.94. The zero-order valence-electron chi connectivity index (χ0n) is 8.50. The van der Waals surface area contributed by atoms with Crippen LogP contribution in [0.4, 0.5) is 0 Å². The number of hydrogen-bond donors (Lipinski definition) is 0. The highest BCUT2D eigenvalue weighted by Crippen LogP contribution is 2.19. The topological polar surface area (TPSA) is 17.1 Å². The van der Waals surface area contributed by atoms with Crippen molar-refractivity contribution < 1.29 is 4.79 Å². The third-order valence-corrected chi connectivity index (χ3v) is 2.12. The van der Waals surface area contributed by atoms with Crippen molar-refractivity contribution in [2.45, 2.75) is 33.1 Å². The predicted octanol–water partition coefficient (Wildman–Crippen LogP) is 2.94. The quantitative estimate of drug-likeness (QED) is 0.692. The molecular formula is C12H16O. The van der Waals surface area contributed by atoms with E-state index >= 15 is 0 Å². The molecule has 1 nitrogen and oxygen atoms in total. The molecule has 0 aliphatic rings. The van der Waals surface area contributed by atoms with Gasteiger partial charge >= 0.3 is 0 Å². The molecule has 1 heteroatoms. The van der Waals surface area contributed by atoms with Crippen LogP contribution in [-0.4, -0.2) is 5.78 Å². The van der Waals surface area contributed by atoms with Gasteiger partial charge in [0, 0.05) is 6.42 Å². The van der Waals surface area contributed by atoms with Gasteiger partial charge in [-0.3, -0.25) is 4.79 Å². The molecular weight excluding hydrogens is 160 g/mol. The second-order valence-corrected chi connectivity index (χ2v) is 3.73. The Morgan fingerprint density at radius 3 is 2.46 bits per heavy atom.